The molecule has 1 atom stereocenters. The van der Waals surface area contributed by atoms with Crippen LogP contribution in [0.5, 0.6) is 11.5 Å². The Balaban J connectivity index is 1.51. The van der Waals surface area contributed by atoms with Crippen LogP contribution in [-0.2, 0) is 0 Å². The van der Waals surface area contributed by atoms with Gasteiger partial charge in [-0.1, -0.05) is 77.2 Å². The second-order valence-electron chi connectivity index (χ2n) is 8.09. The van der Waals surface area contributed by atoms with Crippen LogP contribution in [0.2, 0.25) is 0 Å². The Bertz CT molecular complexity index is 1020. The highest BCUT2D eigenvalue weighted by molar-refractivity contribution is 14.1. The van der Waals surface area contributed by atoms with E-state index in [1.54, 1.807) is 6.07 Å². The quantitative estimate of drug-likeness (QED) is 0.184. The van der Waals surface area contributed by atoms with Crippen molar-refractivity contribution in [3.63, 3.8) is 0 Å². The fraction of sp³-hybridized carbons (Fsp3) is 0.286. The lowest BCUT2D eigenvalue weighted by Crippen LogP contribution is -2.02. The monoisotopic (exact) mass is 524 g/mol. The number of rotatable bonds is 8. The second-order valence-corrected chi connectivity index (χ2v) is 9.17. The fourth-order valence-electron chi connectivity index (χ4n) is 4.23. The van der Waals surface area contributed by atoms with E-state index in [4.69, 9.17) is 4.74 Å². The van der Waals surface area contributed by atoms with Crippen molar-refractivity contribution in [2.24, 2.45) is 0 Å². The molecule has 0 aliphatic heterocycles. The van der Waals surface area contributed by atoms with Crippen molar-refractivity contribution in [3.8, 4) is 22.6 Å². The number of ether oxygens (including phenoxy) is 1. The number of phenols is 1. The number of aromatic hydroxyl groups is 1. The lowest BCUT2D eigenvalue weighted by atomic mass is 9.85. The molecule has 0 aromatic heterocycles. The molecular weight excluding hydrogens is 495 g/mol. The largest absolute Gasteiger partial charge is 0.508 e. The number of fused-ring (bicyclic) bond motifs is 1. The summed E-state index contributed by atoms with van der Waals surface area (Å²) in [6, 6.07) is 23.0. The van der Waals surface area contributed by atoms with Gasteiger partial charge >= 0.3 is 0 Å². The van der Waals surface area contributed by atoms with Gasteiger partial charge in [0.05, 0.1) is 6.61 Å². The summed E-state index contributed by atoms with van der Waals surface area (Å²) in [7, 11) is 0. The summed E-state index contributed by atoms with van der Waals surface area (Å²) in [6.07, 6.45) is 10.1. The SMILES string of the molecule is Oc1ccc2c(c1)C(c1cccc(-c3ccc(OCCCCCI)cc3)c1)CCC=C2. The standard InChI is InChI=1S/C28H29IO2/c29-17-4-1-5-18-31-26-15-12-21(13-16-26)23-8-6-9-24(19-23)27-10-3-2-7-22-11-14-25(30)20-28(22)27/h2,6-9,11-16,19-20,27,30H,1,3-5,10,17-18H2. The van der Waals surface area contributed by atoms with E-state index < -0.39 is 0 Å². The average molecular weight is 524 g/mol. The Morgan fingerprint density at radius 2 is 1.77 bits per heavy atom. The van der Waals surface area contributed by atoms with E-state index in [1.165, 1.54) is 45.1 Å². The van der Waals surface area contributed by atoms with Crippen LogP contribution in [0.1, 0.15) is 54.7 Å². The molecule has 1 N–H and O–H groups in total. The molecule has 2 nitrogen and oxygen atoms in total. The summed E-state index contributed by atoms with van der Waals surface area (Å²) in [5.74, 6) is 1.55. The molecule has 0 saturated heterocycles. The van der Waals surface area contributed by atoms with Crippen molar-refractivity contribution in [2.75, 3.05) is 11.0 Å². The average Bonchev–Trinajstić information content (AvgIpc) is 3.01. The van der Waals surface area contributed by atoms with Gasteiger partial charge in [-0.25, -0.2) is 0 Å². The minimum atomic E-state index is 0.280. The molecule has 3 heteroatoms. The third-order valence-corrected chi connectivity index (χ3v) is 6.65. The van der Waals surface area contributed by atoms with Crippen LogP contribution in [0.25, 0.3) is 17.2 Å². The first kappa shape index (κ1) is 21.9. The molecule has 0 radical (unpaired) electrons. The highest BCUT2D eigenvalue weighted by Gasteiger charge is 2.19. The van der Waals surface area contributed by atoms with E-state index in [9.17, 15) is 5.11 Å². The van der Waals surface area contributed by atoms with Crippen LogP contribution in [0.3, 0.4) is 0 Å². The lowest BCUT2D eigenvalue weighted by Gasteiger charge is -2.19. The van der Waals surface area contributed by atoms with Crippen LogP contribution in [0.15, 0.2) is 72.8 Å². The van der Waals surface area contributed by atoms with Crippen molar-refractivity contribution in [1.82, 2.24) is 0 Å². The van der Waals surface area contributed by atoms with Crippen molar-refractivity contribution in [1.29, 1.82) is 0 Å². The number of phenolic OH excluding ortho intramolecular Hbond substituents is 1. The zero-order valence-corrected chi connectivity index (χ0v) is 19.9. The lowest BCUT2D eigenvalue weighted by molar-refractivity contribution is 0.306. The molecule has 160 valence electrons. The predicted octanol–water partition coefficient (Wildman–Crippen LogP) is 7.98. The predicted molar refractivity (Wildman–Crippen MR) is 138 cm³/mol. The summed E-state index contributed by atoms with van der Waals surface area (Å²) >= 11 is 2.42. The topological polar surface area (TPSA) is 29.5 Å². The van der Waals surface area contributed by atoms with Gasteiger partial charge in [-0.3, -0.25) is 0 Å². The van der Waals surface area contributed by atoms with Crippen LogP contribution in [0, 0.1) is 0 Å². The minimum Gasteiger partial charge on any atom is -0.508 e. The van der Waals surface area contributed by atoms with Crippen LogP contribution in [0.4, 0.5) is 0 Å². The number of hydrogen-bond donors (Lipinski definition) is 1. The fourth-order valence-corrected chi connectivity index (χ4v) is 4.77. The summed E-state index contributed by atoms with van der Waals surface area (Å²) in [4.78, 5) is 0. The van der Waals surface area contributed by atoms with E-state index in [1.807, 2.05) is 12.1 Å². The van der Waals surface area contributed by atoms with Gasteiger partial charge in [0.25, 0.3) is 0 Å². The zero-order valence-electron chi connectivity index (χ0n) is 17.8. The van der Waals surface area contributed by atoms with Crippen molar-refractivity contribution < 1.29 is 9.84 Å². The van der Waals surface area contributed by atoms with Gasteiger partial charge in [-0.15, -0.1) is 0 Å². The summed E-state index contributed by atoms with van der Waals surface area (Å²) in [6.45, 7) is 0.785. The number of alkyl halides is 1. The molecule has 1 aliphatic rings. The van der Waals surface area contributed by atoms with Crippen molar-refractivity contribution in [2.45, 2.75) is 38.0 Å². The molecule has 3 aromatic carbocycles. The third-order valence-electron chi connectivity index (χ3n) is 5.89. The van der Waals surface area contributed by atoms with Gasteiger partial charge in [0.2, 0.25) is 0 Å². The molecule has 1 unspecified atom stereocenters. The number of allylic oxidation sites excluding steroid dienone is 1. The molecule has 0 spiro atoms. The molecule has 4 rings (SSSR count). The number of hydrogen-bond acceptors (Lipinski definition) is 2. The third kappa shape index (κ3) is 5.70. The molecule has 3 aromatic rings. The Morgan fingerprint density at radius 1 is 0.903 bits per heavy atom. The number of halogens is 1. The maximum Gasteiger partial charge on any atom is 0.119 e. The smallest absolute Gasteiger partial charge is 0.119 e. The van der Waals surface area contributed by atoms with Gasteiger partial charge in [-0.2, -0.15) is 0 Å². The van der Waals surface area contributed by atoms with E-state index in [2.05, 4.69) is 83.3 Å². The van der Waals surface area contributed by atoms with Gasteiger partial charge in [0.15, 0.2) is 0 Å². The van der Waals surface area contributed by atoms with Crippen LogP contribution in [-0.4, -0.2) is 16.1 Å². The first-order chi connectivity index (χ1) is 15.2. The van der Waals surface area contributed by atoms with E-state index >= 15 is 0 Å². The van der Waals surface area contributed by atoms with Gasteiger partial charge in [-0.05, 0) is 88.6 Å². The van der Waals surface area contributed by atoms with Gasteiger partial charge in [0.1, 0.15) is 11.5 Å². The summed E-state index contributed by atoms with van der Waals surface area (Å²) < 4.78 is 7.11. The Labute approximate surface area is 199 Å². The number of unbranched alkanes of at least 4 members (excludes halogenated alkanes) is 2. The first-order valence-electron chi connectivity index (χ1n) is 11.1. The molecule has 0 amide bonds. The second kappa shape index (κ2) is 10.9. The van der Waals surface area contributed by atoms with E-state index in [0.717, 1.165) is 31.6 Å². The van der Waals surface area contributed by atoms with Crippen LogP contribution < -0.4 is 4.74 Å². The summed E-state index contributed by atoms with van der Waals surface area (Å²) in [5, 5.41) is 10.1. The Hall–Kier alpha value is -2.27. The molecule has 0 saturated carbocycles. The first-order valence-corrected chi connectivity index (χ1v) is 12.7. The molecule has 31 heavy (non-hydrogen) atoms. The van der Waals surface area contributed by atoms with Crippen LogP contribution >= 0.6 is 22.6 Å². The minimum absolute atomic E-state index is 0.280. The molecule has 0 bridgehead atoms. The van der Waals surface area contributed by atoms with E-state index in [-0.39, 0.29) is 5.92 Å². The maximum absolute atomic E-state index is 10.1. The highest BCUT2D eigenvalue weighted by Crippen LogP contribution is 2.37. The van der Waals surface area contributed by atoms with Gasteiger partial charge < -0.3 is 9.84 Å². The van der Waals surface area contributed by atoms with E-state index in [0.29, 0.717) is 5.75 Å². The maximum atomic E-state index is 10.1. The zero-order chi connectivity index (χ0) is 21.5. The Morgan fingerprint density at radius 3 is 2.61 bits per heavy atom. The normalized spacial score (nSPS) is 15.3. The molecule has 1 aliphatic carbocycles. The highest BCUT2D eigenvalue weighted by atomic mass is 127. The van der Waals surface area contributed by atoms with Gasteiger partial charge in [0, 0.05) is 5.92 Å². The molecule has 0 heterocycles. The summed E-state index contributed by atoms with van der Waals surface area (Å²) in [5.41, 5.74) is 6.11. The Kier molecular flexibility index (Phi) is 7.68. The molecular formula is C28H29IO2. The van der Waals surface area contributed by atoms with Crippen molar-refractivity contribution in [3.05, 3.63) is 89.5 Å². The molecule has 0 fully saturated rings. The van der Waals surface area contributed by atoms with Crippen molar-refractivity contribution >= 4 is 28.7 Å². The number of benzene rings is 3.